The molecule has 1 amide bonds. The van der Waals surface area contributed by atoms with Gasteiger partial charge in [-0.1, -0.05) is 70.5 Å². The van der Waals surface area contributed by atoms with Crippen molar-refractivity contribution in [2.24, 2.45) is 0 Å². The van der Waals surface area contributed by atoms with E-state index >= 15 is 0 Å². The molecule has 0 saturated carbocycles. The van der Waals surface area contributed by atoms with E-state index in [1.807, 2.05) is 91.2 Å². The number of ether oxygens (including phenoxy) is 1. The van der Waals surface area contributed by atoms with E-state index in [2.05, 4.69) is 21.2 Å². The monoisotopic (exact) mass is 570 g/mol. The van der Waals surface area contributed by atoms with Gasteiger partial charge in [0, 0.05) is 26.4 Å². The van der Waals surface area contributed by atoms with E-state index in [-0.39, 0.29) is 12.5 Å². The average Bonchev–Trinajstić information content (AvgIpc) is 3.32. The van der Waals surface area contributed by atoms with Gasteiger partial charge < -0.3 is 10.1 Å². The predicted octanol–water partition coefficient (Wildman–Crippen LogP) is 8.13. The summed E-state index contributed by atoms with van der Waals surface area (Å²) in [5, 5.41) is 6.04. The number of anilines is 1. The summed E-state index contributed by atoms with van der Waals surface area (Å²) >= 11 is 4.75. The number of hydrogen-bond acceptors (Lipinski definition) is 5. The smallest absolute Gasteiger partial charge is 0.341 e. The molecule has 0 aliphatic heterocycles. The SMILES string of the molecule is CCOC(=O)c1c(-c2ccc(Br)cc2)csc1NC(=O)c1cc(-c2ccccc2C)nc2ccccc12. The number of amides is 1. The third kappa shape index (κ3) is 5.05. The van der Waals surface area contributed by atoms with Crippen molar-refractivity contribution >= 4 is 55.0 Å². The van der Waals surface area contributed by atoms with Crippen LogP contribution < -0.4 is 5.32 Å². The first-order valence-electron chi connectivity index (χ1n) is 11.8. The van der Waals surface area contributed by atoms with Crippen molar-refractivity contribution < 1.29 is 14.3 Å². The highest BCUT2D eigenvalue weighted by molar-refractivity contribution is 9.10. The summed E-state index contributed by atoms with van der Waals surface area (Å²) in [4.78, 5) is 31.6. The highest BCUT2D eigenvalue weighted by Crippen LogP contribution is 2.37. The molecule has 0 aliphatic carbocycles. The van der Waals surface area contributed by atoms with Gasteiger partial charge in [-0.15, -0.1) is 11.3 Å². The molecule has 0 bridgehead atoms. The van der Waals surface area contributed by atoms with E-state index in [1.165, 1.54) is 11.3 Å². The van der Waals surface area contributed by atoms with Crippen molar-refractivity contribution in [2.45, 2.75) is 13.8 Å². The second kappa shape index (κ2) is 10.7. The standard InChI is InChI=1S/C30H23BrN2O3S/c1-3-36-30(35)27-24(19-12-14-20(31)15-13-19)17-37-29(27)33-28(34)23-16-26(21-9-5-4-8-18(21)2)32-25-11-7-6-10-22(23)25/h4-17H,3H2,1-2H3,(H,33,34). The van der Waals surface area contributed by atoms with Gasteiger partial charge in [-0.25, -0.2) is 9.78 Å². The fraction of sp³-hybridized carbons (Fsp3) is 0.100. The van der Waals surface area contributed by atoms with Crippen molar-refractivity contribution in [1.82, 2.24) is 4.98 Å². The van der Waals surface area contributed by atoms with E-state index in [1.54, 1.807) is 6.92 Å². The molecule has 5 aromatic rings. The highest BCUT2D eigenvalue weighted by Gasteiger charge is 2.24. The second-order valence-corrected chi connectivity index (χ2v) is 10.2. The average molecular weight is 571 g/mol. The fourth-order valence-electron chi connectivity index (χ4n) is 4.23. The predicted molar refractivity (Wildman–Crippen MR) is 153 cm³/mol. The number of nitrogens with one attached hydrogen (secondary N) is 1. The van der Waals surface area contributed by atoms with Crippen LogP contribution in [0.25, 0.3) is 33.3 Å². The maximum atomic E-state index is 13.7. The number of carbonyl (C=O) groups excluding carboxylic acids is 2. The lowest BCUT2D eigenvalue weighted by molar-refractivity contribution is 0.0529. The summed E-state index contributed by atoms with van der Waals surface area (Å²) in [5.74, 6) is -0.791. The van der Waals surface area contributed by atoms with E-state index in [0.717, 1.165) is 32.1 Å². The molecule has 0 aliphatic rings. The van der Waals surface area contributed by atoms with Gasteiger partial charge in [-0.3, -0.25) is 4.79 Å². The maximum absolute atomic E-state index is 13.7. The van der Waals surface area contributed by atoms with Crippen LogP contribution in [0, 0.1) is 6.92 Å². The number of rotatable bonds is 6. The van der Waals surface area contributed by atoms with Crippen LogP contribution in [0.15, 0.2) is 88.7 Å². The Kier molecular flexibility index (Phi) is 7.17. The lowest BCUT2D eigenvalue weighted by Crippen LogP contribution is -2.15. The Morgan fingerprint density at radius 1 is 0.973 bits per heavy atom. The maximum Gasteiger partial charge on any atom is 0.341 e. The third-order valence-corrected chi connectivity index (χ3v) is 7.46. The number of aryl methyl sites for hydroxylation is 1. The molecule has 2 aromatic heterocycles. The van der Waals surface area contributed by atoms with Gasteiger partial charge in [0.15, 0.2) is 0 Å². The summed E-state index contributed by atoms with van der Waals surface area (Å²) in [6.07, 6.45) is 0. The minimum atomic E-state index is -0.475. The van der Waals surface area contributed by atoms with Crippen molar-refractivity contribution in [3.63, 3.8) is 0 Å². The number of aromatic nitrogens is 1. The molecular formula is C30H23BrN2O3S. The molecule has 0 atom stereocenters. The van der Waals surface area contributed by atoms with Gasteiger partial charge in [0.25, 0.3) is 5.91 Å². The topological polar surface area (TPSA) is 68.3 Å². The van der Waals surface area contributed by atoms with E-state index < -0.39 is 5.97 Å². The summed E-state index contributed by atoms with van der Waals surface area (Å²) in [6, 6.07) is 25.0. The van der Waals surface area contributed by atoms with Gasteiger partial charge in [0.1, 0.15) is 10.6 Å². The van der Waals surface area contributed by atoms with Crippen molar-refractivity contribution in [3.05, 3.63) is 105 Å². The number of pyridine rings is 1. The molecule has 184 valence electrons. The van der Waals surface area contributed by atoms with Crippen LogP contribution in [0.1, 0.15) is 33.2 Å². The number of halogens is 1. The third-order valence-electron chi connectivity index (χ3n) is 6.03. The fourth-order valence-corrected chi connectivity index (χ4v) is 5.45. The van der Waals surface area contributed by atoms with Gasteiger partial charge in [0.2, 0.25) is 0 Å². The quantitative estimate of drug-likeness (QED) is 0.209. The number of benzene rings is 3. The van der Waals surface area contributed by atoms with Crippen LogP contribution in [0.3, 0.4) is 0 Å². The van der Waals surface area contributed by atoms with Gasteiger partial charge >= 0.3 is 5.97 Å². The second-order valence-electron chi connectivity index (χ2n) is 8.42. The van der Waals surface area contributed by atoms with Crippen LogP contribution in [0.5, 0.6) is 0 Å². The number of carbonyl (C=O) groups is 2. The van der Waals surface area contributed by atoms with Crippen LogP contribution >= 0.6 is 27.3 Å². The number of thiophene rings is 1. The largest absolute Gasteiger partial charge is 0.462 e. The molecule has 0 unspecified atom stereocenters. The number of fused-ring (bicyclic) bond motifs is 1. The van der Waals surface area contributed by atoms with Crippen LogP contribution in [-0.2, 0) is 4.74 Å². The first kappa shape index (κ1) is 24.9. The zero-order chi connectivity index (χ0) is 25.9. The summed E-state index contributed by atoms with van der Waals surface area (Å²) in [6.45, 7) is 4.02. The molecule has 0 radical (unpaired) electrons. The first-order chi connectivity index (χ1) is 18.0. The van der Waals surface area contributed by atoms with Crippen LogP contribution in [0.4, 0.5) is 5.00 Å². The lowest BCUT2D eigenvalue weighted by Gasteiger charge is -2.12. The number of para-hydroxylation sites is 1. The lowest BCUT2D eigenvalue weighted by atomic mass is 10.0. The Bertz CT molecular complexity index is 1630. The normalized spacial score (nSPS) is 10.9. The molecule has 0 spiro atoms. The Morgan fingerprint density at radius 2 is 1.70 bits per heavy atom. The van der Waals surface area contributed by atoms with Crippen LogP contribution in [0.2, 0.25) is 0 Å². The molecule has 0 fully saturated rings. The molecule has 3 aromatic carbocycles. The Labute approximate surface area is 227 Å². The van der Waals surface area contributed by atoms with E-state index in [0.29, 0.717) is 27.4 Å². The summed E-state index contributed by atoms with van der Waals surface area (Å²) in [5.41, 5.74) is 5.87. The van der Waals surface area contributed by atoms with Gasteiger partial charge in [0.05, 0.1) is 23.4 Å². The van der Waals surface area contributed by atoms with E-state index in [4.69, 9.17) is 9.72 Å². The molecule has 7 heteroatoms. The van der Waals surface area contributed by atoms with Gasteiger partial charge in [-0.05, 0) is 49.2 Å². The molecule has 2 heterocycles. The number of nitrogens with zero attached hydrogens (tertiary/aromatic N) is 1. The van der Waals surface area contributed by atoms with Crippen LogP contribution in [-0.4, -0.2) is 23.5 Å². The number of esters is 1. The Morgan fingerprint density at radius 3 is 2.46 bits per heavy atom. The minimum Gasteiger partial charge on any atom is -0.462 e. The minimum absolute atomic E-state index is 0.233. The van der Waals surface area contributed by atoms with Crippen molar-refractivity contribution in [3.8, 4) is 22.4 Å². The van der Waals surface area contributed by atoms with Gasteiger partial charge in [-0.2, -0.15) is 0 Å². The first-order valence-corrected chi connectivity index (χ1v) is 13.4. The molecule has 5 rings (SSSR count). The summed E-state index contributed by atoms with van der Waals surface area (Å²) in [7, 11) is 0. The van der Waals surface area contributed by atoms with Crippen molar-refractivity contribution in [1.29, 1.82) is 0 Å². The Hall–Kier alpha value is -3.81. The van der Waals surface area contributed by atoms with Crippen molar-refractivity contribution in [2.75, 3.05) is 11.9 Å². The number of hydrogen-bond donors (Lipinski definition) is 1. The highest BCUT2D eigenvalue weighted by atomic mass is 79.9. The Balaban J connectivity index is 1.59. The zero-order valence-corrected chi connectivity index (χ0v) is 22.7. The summed E-state index contributed by atoms with van der Waals surface area (Å²) < 4.78 is 6.29. The molecule has 37 heavy (non-hydrogen) atoms. The van der Waals surface area contributed by atoms with E-state index in [9.17, 15) is 9.59 Å². The molecule has 5 nitrogen and oxygen atoms in total. The molecule has 0 saturated heterocycles. The molecule has 1 N–H and O–H groups in total. The molecular weight excluding hydrogens is 548 g/mol. The zero-order valence-electron chi connectivity index (χ0n) is 20.2.